The normalized spacial score (nSPS) is 19.5. The van der Waals surface area contributed by atoms with Crippen LogP contribution in [0.3, 0.4) is 0 Å². The number of imide groups is 1. The summed E-state index contributed by atoms with van der Waals surface area (Å²) in [4.78, 5) is 33.1. The Balaban J connectivity index is 1.54. The minimum absolute atomic E-state index is 0.249. The molecule has 0 saturated carbocycles. The third-order valence-corrected chi connectivity index (χ3v) is 6.62. The van der Waals surface area contributed by atoms with E-state index in [1.807, 2.05) is 55.1 Å². The van der Waals surface area contributed by atoms with Gasteiger partial charge in [-0.2, -0.15) is 0 Å². The van der Waals surface area contributed by atoms with E-state index in [2.05, 4.69) is 11.0 Å². The predicted octanol–water partition coefficient (Wildman–Crippen LogP) is 3.52. The third kappa shape index (κ3) is 3.58. The SMILES string of the molecule is Cc1ccc(C2=C(N3CCOCC3)C(=O)N(c3ccc(N4CCCC4)cc3)C2=O)c(C)c1. The number of hydrogen-bond donors (Lipinski definition) is 0. The van der Waals surface area contributed by atoms with E-state index in [1.54, 1.807) is 0 Å². The van der Waals surface area contributed by atoms with Gasteiger partial charge in [0.05, 0.1) is 24.5 Å². The molecule has 5 rings (SSSR count). The molecular weight excluding hydrogens is 402 g/mol. The maximum atomic E-state index is 13.7. The molecule has 0 spiro atoms. The summed E-state index contributed by atoms with van der Waals surface area (Å²) in [6.07, 6.45) is 2.41. The van der Waals surface area contributed by atoms with Gasteiger partial charge in [-0.1, -0.05) is 23.8 Å². The molecule has 2 aromatic carbocycles. The molecule has 32 heavy (non-hydrogen) atoms. The van der Waals surface area contributed by atoms with Crippen LogP contribution in [0, 0.1) is 13.8 Å². The Kier molecular flexibility index (Phi) is 5.47. The van der Waals surface area contributed by atoms with Gasteiger partial charge in [-0.3, -0.25) is 9.59 Å². The molecule has 3 aliphatic rings. The first-order valence-corrected chi connectivity index (χ1v) is 11.4. The first kappa shape index (κ1) is 20.8. The smallest absolute Gasteiger partial charge is 0.282 e. The van der Waals surface area contributed by atoms with Crippen molar-refractivity contribution in [3.8, 4) is 0 Å². The largest absolute Gasteiger partial charge is 0.378 e. The number of anilines is 2. The number of morpholine rings is 1. The summed E-state index contributed by atoms with van der Waals surface area (Å²) in [5.41, 5.74) is 5.71. The van der Waals surface area contributed by atoms with Gasteiger partial charge in [-0.15, -0.1) is 0 Å². The average Bonchev–Trinajstić information content (AvgIpc) is 3.42. The lowest BCUT2D eigenvalue weighted by Crippen LogP contribution is -2.40. The monoisotopic (exact) mass is 431 g/mol. The molecule has 0 atom stereocenters. The highest BCUT2D eigenvalue weighted by atomic mass is 16.5. The van der Waals surface area contributed by atoms with Crippen molar-refractivity contribution in [3.63, 3.8) is 0 Å². The lowest BCUT2D eigenvalue weighted by atomic mass is 9.97. The Bertz CT molecular complexity index is 1080. The number of aryl methyl sites for hydroxylation is 2. The van der Waals surface area contributed by atoms with E-state index >= 15 is 0 Å². The second-order valence-electron chi connectivity index (χ2n) is 8.80. The molecule has 2 amide bonds. The molecule has 3 aliphatic heterocycles. The van der Waals surface area contributed by atoms with E-state index in [-0.39, 0.29) is 11.8 Å². The highest BCUT2D eigenvalue weighted by molar-refractivity contribution is 6.45. The summed E-state index contributed by atoms with van der Waals surface area (Å²) < 4.78 is 5.50. The zero-order valence-electron chi connectivity index (χ0n) is 18.8. The van der Waals surface area contributed by atoms with Crippen molar-refractivity contribution in [1.29, 1.82) is 0 Å². The Morgan fingerprint density at radius 3 is 2.06 bits per heavy atom. The van der Waals surface area contributed by atoms with Crippen molar-refractivity contribution in [2.45, 2.75) is 26.7 Å². The van der Waals surface area contributed by atoms with E-state index < -0.39 is 0 Å². The van der Waals surface area contributed by atoms with Gasteiger partial charge in [-0.05, 0) is 62.1 Å². The summed E-state index contributed by atoms with van der Waals surface area (Å²) in [5.74, 6) is -0.502. The summed E-state index contributed by atoms with van der Waals surface area (Å²) >= 11 is 0. The quantitative estimate of drug-likeness (QED) is 0.694. The third-order valence-electron chi connectivity index (χ3n) is 6.62. The van der Waals surface area contributed by atoms with E-state index in [0.717, 1.165) is 35.5 Å². The van der Waals surface area contributed by atoms with Crippen LogP contribution >= 0.6 is 0 Å². The molecule has 0 N–H and O–H groups in total. The van der Waals surface area contributed by atoms with Crippen molar-refractivity contribution in [1.82, 2.24) is 4.90 Å². The van der Waals surface area contributed by atoms with Crippen molar-refractivity contribution in [3.05, 3.63) is 64.9 Å². The number of benzene rings is 2. The van der Waals surface area contributed by atoms with Crippen LogP contribution in [0.2, 0.25) is 0 Å². The molecule has 2 fully saturated rings. The Morgan fingerprint density at radius 1 is 0.750 bits per heavy atom. The molecule has 6 heteroatoms. The molecule has 0 unspecified atom stereocenters. The van der Waals surface area contributed by atoms with Crippen LogP contribution < -0.4 is 9.80 Å². The van der Waals surface area contributed by atoms with Crippen LogP contribution in [-0.4, -0.2) is 56.1 Å². The lowest BCUT2D eigenvalue weighted by molar-refractivity contribution is -0.121. The van der Waals surface area contributed by atoms with Gasteiger partial charge in [0.2, 0.25) is 0 Å². The Morgan fingerprint density at radius 2 is 1.41 bits per heavy atom. The van der Waals surface area contributed by atoms with E-state index in [1.165, 1.54) is 17.7 Å². The molecule has 166 valence electrons. The number of carbonyl (C=O) groups is 2. The first-order valence-electron chi connectivity index (χ1n) is 11.4. The molecule has 0 aromatic heterocycles. The van der Waals surface area contributed by atoms with Gasteiger partial charge in [0.25, 0.3) is 11.8 Å². The summed E-state index contributed by atoms with van der Waals surface area (Å²) in [7, 11) is 0. The molecule has 0 radical (unpaired) electrons. The second-order valence-corrected chi connectivity index (χ2v) is 8.80. The van der Waals surface area contributed by atoms with Crippen LogP contribution in [0.15, 0.2) is 48.2 Å². The van der Waals surface area contributed by atoms with E-state index in [0.29, 0.717) is 43.3 Å². The summed E-state index contributed by atoms with van der Waals surface area (Å²) in [6.45, 7) is 8.45. The topological polar surface area (TPSA) is 53.1 Å². The lowest BCUT2D eigenvalue weighted by Gasteiger charge is -2.29. The highest BCUT2D eigenvalue weighted by Crippen LogP contribution is 2.37. The van der Waals surface area contributed by atoms with Crippen LogP contribution in [0.5, 0.6) is 0 Å². The maximum absolute atomic E-state index is 13.7. The van der Waals surface area contributed by atoms with Gasteiger partial charge in [-0.25, -0.2) is 4.90 Å². The van der Waals surface area contributed by atoms with Crippen LogP contribution in [0.25, 0.3) is 5.57 Å². The fourth-order valence-electron chi connectivity index (χ4n) is 4.96. The van der Waals surface area contributed by atoms with Crippen LogP contribution in [0.4, 0.5) is 11.4 Å². The molecule has 2 saturated heterocycles. The van der Waals surface area contributed by atoms with Gasteiger partial charge >= 0.3 is 0 Å². The minimum atomic E-state index is -0.252. The average molecular weight is 432 g/mol. The standard InChI is InChI=1S/C26H29N3O3/c1-18-5-10-22(19(2)17-18)23-24(28-13-15-32-16-14-28)26(31)29(25(23)30)21-8-6-20(7-9-21)27-11-3-4-12-27/h5-10,17H,3-4,11-16H2,1-2H3. The number of nitrogens with zero attached hydrogens (tertiary/aromatic N) is 3. The molecule has 0 bridgehead atoms. The number of rotatable bonds is 4. The predicted molar refractivity (Wildman–Crippen MR) is 126 cm³/mol. The summed E-state index contributed by atoms with van der Waals surface area (Å²) in [5, 5.41) is 0. The van der Waals surface area contributed by atoms with Crippen molar-refractivity contribution >= 4 is 28.8 Å². The number of amides is 2. The first-order chi connectivity index (χ1) is 15.5. The van der Waals surface area contributed by atoms with Crippen molar-refractivity contribution in [2.24, 2.45) is 0 Å². The van der Waals surface area contributed by atoms with Gasteiger partial charge in [0.1, 0.15) is 5.70 Å². The molecule has 0 aliphatic carbocycles. The Hall–Kier alpha value is -3.12. The minimum Gasteiger partial charge on any atom is -0.378 e. The van der Waals surface area contributed by atoms with Gasteiger partial charge < -0.3 is 14.5 Å². The summed E-state index contributed by atoms with van der Waals surface area (Å²) in [6, 6.07) is 13.8. The maximum Gasteiger partial charge on any atom is 0.282 e. The zero-order valence-corrected chi connectivity index (χ0v) is 18.8. The number of hydrogen-bond acceptors (Lipinski definition) is 5. The zero-order chi connectivity index (χ0) is 22.2. The fraction of sp³-hybridized carbons (Fsp3) is 0.385. The number of ether oxygens (including phenoxy) is 1. The Labute approximate surface area is 189 Å². The van der Waals surface area contributed by atoms with Crippen LogP contribution in [0.1, 0.15) is 29.5 Å². The van der Waals surface area contributed by atoms with Gasteiger partial charge in [0, 0.05) is 31.9 Å². The van der Waals surface area contributed by atoms with Crippen molar-refractivity contribution < 1.29 is 14.3 Å². The molecule has 6 nitrogen and oxygen atoms in total. The fourth-order valence-corrected chi connectivity index (χ4v) is 4.96. The highest BCUT2D eigenvalue weighted by Gasteiger charge is 2.43. The number of carbonyl (C=O) groups excluding carboxylic acids is 2. The second kappa shape index (κ2) is 8.43. The van der Waals surface area contributed by atoms with Gasteiger partial charge in [0.15, 0.2) is 0 Å². The van der Waals surface area contributed by atoms with E-state index in [9.17, 15) is 9.59 Å². The van der Waals surface area contributed by atoms with Crippen LogP contribution in [-0.2, 0) is 14.3 Å². The molecular formula is C26H29N3O3. The molecule has 3 heterocycles. The van der Waals surface area contributed by atoms with Crippen molar-refractivity contribution in [2.75, 3.05) is 49.2 Å². The van der Waals surface area contributed by atoms with E-state index in [4.69, 9.17) is 4.74 Å². The molecule has 2 aromatic rings.